The van der Waals surface area contributed by atoms with E-state index in [0.29, 0.717) is 28.7 Å². The molecular formula is C15H13BrClFN2O. The molecule has 0 radical (unpaired) electrons. The molecule has 0 unspecified atom stereocenters. The minimum absolute atomic E-state index is 0.0459. The average Bonchev–Trinajstić information content (AvgIpc) is 3.27. The van der Waals surface area contributed by atoms with Gasteiger partial charge >= 0.3 is 0 Å². The second kappa shape index (κ2) is 6.30. The van der Waals surface area contributed by atoms with Gasteiger partial charge in [-0.25, -0.2) is 9.37 Å². The van der Waals surface area contributed by atoms with Gasteiger partial charge in [0.2, 0.25) is 5.88 Å². The van der Waals surface area contributed by atoms with Gasteiger partial charge in [0, 0.05) is 24.7 Å². The standard InChI is InChI=1S/C15H13BrClFN2O/c16-11-6-12(17)13(18)7-14(11)21-15-3-1-2-10(20-15)8-19-9-4-5-9/h1-3,6-7,9,19H,4-5,8H2. The molecule has 1 aromatic heterocycles. The van der Waals surface area contributed by atoms with Gasteiger partial charge in [0.05, 0.1) is 15.2 Å². The molecule has 110 valence electrons. The number of benzene rings is 1. The maximum absolute atomic E-state index is 13.5. The molecule has 3 rings (SSSR count). The second-order valence-corrected chi connectivity index (χ2v) is 6.18. The van der Waals surface area contributed by atoms with Crippen LogP contribution >= 0.6 is 27.5 Å². The van der Waals surface area contributed by atoms with Crippen LogP contribution < -0.4 is 10.1 Å². The normalized spacial score (nSPS) is 14.2. The third kappa shape index (κ3) is 3.93. The van der Waals surface area contributed by atoms with Gasteiger partial charge in [0.25, 0.3) is 0 Å². The van der Waals surface area contributed by atoms with Crippen molar-refractivity contribution in [3.05, 3.63) is 51.3 Å². The van der Waals surface area contributed by atoms with E-state index < -0.39 is 5.82 Å². The molecule has 2 aromatic rings. The molecule has 1 N–H and O–H groups in total. The van der Waals surface area contributed by atoms with Crippen molar-refractivity contribution >= 4 is 27.5 Å². The maximum atomic E-state index is 13.5. The van der Waals surface area contributed by atoms with Gasteiger partial charge in [0.15, 0.2) is 0 Å². The van der Waals surface area contributed by atoms with Crippen LogP contribution in [0.3, 0.4) is 0 Å². The zero-order chi connectivity index (χ0) is 14.8. The van der Waals surface area contributed by atoms with E-state index in [1.54, 1.807) is 6.07 Å². The second-order valence-electron chi connectivity index (χ2n) is 4.92. The van der Waals surface area contributed by atoms with Crippen LogP contribution in [0.15, 0.2) is 34.8 Å². The number of hydrogen-bond acceptors (Lipinski definition) is 3. The minimum Gasteiger partial charge on any atom is -0.438 e. The average molecular weight is 372 g/mol. The predicted molar refractivity (Wildman–Crippen MR) is 83.3 cm³/mol. The van der Waals surface area contributed by atoms with E-state index in [1.807, 2.05) is 12.1 Å². The van der Waals surface area contributed by atoms with Crippen molar-refractivity contribution < 1.29 is 9.13 Å². The van der Waals surface area contributed by atoms with Crippen LogP contribution in [0.4, 0.5) is 4.39 Å². The first kappa shape index (κ1) is 14.8. The van der Waals surface area contributed by atoms with Crippen LogP contribution in [0, 0.1) is 5.82 Å². The number of aromatic nitrogens is 1. The summed E-state index contributed by atoms with van der Waals surface area (Å²) in [5.41, 5.74) is 0.893. The molecule has 1 aromatic carbocycles. The Bertz CT molecular complexity index is 664. The third-order valence-corrected chi connectivity index (χ3v) is 4.03. The maximum Gasteiger partial charge on any atom is 0.219 e. The van der Waals surface area contributed by atoms with Gasteiger partial charge in [-0.1, -0.05) is 17.7 Å². The molecule has 0 atom stereocenters. The fourth-order valence-electron chi connectivity index (χ4n) is 1.84. The summed E-state index contributed by atoms with van der Waals surface area (Å²) in [6.45, 7) is 0.706. The van der Waals surface area contributed by atoms with Crippen LogP contribution in [0.5, 0.6) is 11.6 Å². The summed E-state index contributed by atoms with van der Waals surface area (Å²) in [6.07, 6.45) is 2.46. The van der Waals surface area contributed by atoms with E-state index >= 15 is 0 Å². The van der Waals surface area contributed by atoms with Gasteiger partial charge in [-0.3, -0.25) is 0 Å². The van der Waals surface area contributed by atoms with E-state index in [4.69, 9.17) is 16.3 Å². The Balaban J connectivity index is 1.74. The number of pyridine rings is 1. The van der Waals surface area contributed by atoms with Crippen LogP contribution in [0.2, 0.25) is 5.02 Å². The van der Waals surface area contributed by atoms with Crippen molar-refractivity contribution in [3.63, 3.8) is 0 Å². The number of ether oxygens (including phenoxy) is 1. The van der Waals surface area contributed by atoms with Crippen molar-refractivity contribution in [2.45, 2.75) is 25.4 Å². The molecule has 0 aliphatic heterocycles. The molecule has 1 aliphatic rings. The largest absolute Gasteiger partial charge is 0.438 e. The molecule has 0 saturated heterocycles. The first-order valence-corrected chi connectivity index (χ1v) is 7.80. The highest BCUT2D eigenvalue weighted by molar-refractivity contribution is 9.10. The van der Waals surface area contributed by atoms with E-state index in [1.165, 1.54) is 25.0 Å². The highest BCUT2D eigenvalue weighted by Crippen LogP contribution is 2.33. The van der Waals surface area contributed by atoms with Crippen LogP contribution in [-0.2, 0) is 6.54 Å². The minimum atomic E-state index is -0.526. The summed E-state index contributed by atoms with van der Waals surface area (Å²) in [7, 11) is 0. The Hall–Kier alpha value is -1.17. The smallest absolute Gasteiger partial charge is 0.219 e. The summed E-state index contributed by atoms with van der Waals surface area (Å²) in [4.78, 5) is 4.40. The molecule has 0 amide bonds. The molecule has 1 fully saturated rings. The highest BCUT2D eigenvalue weighted by Gasteiger charge is 2.20. The fourth-order valence-corrected chi connectivity index (χ4v) is 2.56. The van der Waals surface area contributed by atoms with Crippen molar-refractivity contribution in [1.82, 2.24) is 10.3 Å². The number of halogens is 3. The summed E-state index contributed by atoms with van der Waals surface area (Å²) >= 11 is 9.01. The van der Waals surface area contributed by atoms with Crippen LogP contribution in [-0.4, -0.2) is 11.0 Å². The van der Waals surface area contributed by atoms with Crippen molar-refractivity contribution in [1.29, 1.82) is 0 Å². The molecule has 6 heteroatoms. The molecule has 1 aliphatic carbocycles. The Morgan fingerprint density at radius 1 is 1.38 bits per heavy atom. The predicted octanol–water partition coefficient (Wildman–Crippen LogP) is 4.68. The van der Waals surface area contributed by atoms with E-state index in [0.717, 1.165) is 5.69 Å². The van der Waals surface area contributed by atoms with Gasteiger partial charge in [-0.2, -0.15) is 0 Å². The van der Waals surface area contributed by atoms with Gasteiger partial charge in [0.1, 0.15) is 11.6 Å². The molecular weight excluding hydrogens is 359 g/mol. The summed E-state index contributed by atoms with van der Waals surface area (Å²) in [5, 5.41) is 3.43. The third-order valence-electron chi connectivity index (χ3n) is 3.12. The first-order chi connectivity index (χ1) is 10.1. The van der Waals surface area contributed by atoms with Crippen molar-refractivity contribution in [3.8, 4) is 11.6 Å². The molecule has 3 nitrogen and oxygen atoms in total. The summed E-state index contributed by atoms with van der Waals surface area (Å²) in [6, 6.07) is 8.86. The zero-order valence-electron chi connectivity index (χ0n) is 11.1. The lowest BCUT2D eigenvalue weighted by Crippen LogP contribution is -2.16. The molecule has 1 heterocycles. The summed E-state index contributed by atoms with van der Waals surface area (Å²) < 4.78 is 19.7. The highest BCUT2D eigenvalue weighted by atomic mass is 79.9. The van der Waals surface area contributed by atoms with Crippen LogP contribution in [0.25, 0.3) is 0 Å². The Morgan fingerprint density at radius 2 is 2.19 bits per heavy atom. The zero-order valence-corrected chi connectivity index (χ0v) is 13.4. The lowest BCUT2D eigenvalue weighted by molar-refractivity contribution is 0.452. The van der Waals surface area contributed by atoms with Gasteiger partial charge in [-0.15, -0.1) is 0 Å². The van der Waals surface area contributed by atoms with Gasteiger partial charge < -0.3 is 10.1 Å². The molecule has 21 heavy (non-hydrogen) atoms. The van der Waals surface area contributed by atoms with Gasteiger partial charge in [-0.05, 0) is 40.9 Å². The van der Waals surface area contributed by atoms with E-state index in [-0.39, 0.29) is 5.02 Å². The Morgan fingerprint density at radius 3 is 2.95 bits per heavy atom. The number of hydrogen-bond donors (Lipinski definition) is 1. The Labute approximate surface area is 135 Å². The van der Waals surface area contributed by atoms with Crippen molar-refractivity contribution in [2.24, 2.45) is 0 Å². The lowest BCUT2D eigenvalue weighted by atomic mass is 10.3. The molecule has 0 spiro atoms. The number of rotatable bonds is 5. The van der Waals surface area contributed by atoms with Crippen LogP contribution in [0.1, 0.15) is 18.5 Å². The van der Waals surface area contributed by atoms with Crippen molar-refractivity contribution in [2.75, 3.05) is 0 Å². The van der Waals surface area contributed by atoms with E-state index in [9.17, 15) is 4.39 Å². The first-order valence-electron chi connectivity index (χ1n) is 6.63. The Kier molecular flexibility index (Phi) is 4.42. The fraction of sp³-hybridized carbons (Fsp3) is 0.267. The number of nitrogens with one attached hydrogen (secondary N) is 1. The summed E-state index contributed by atoms with van der Waals surface area (Å²) in [5.74, 6) is 0.241. The lowest BCUT2D eigenvalue weighted by Gasteiger charge is -2.09. The monoisotopic (exact) mass is 370 g/mol. The molecule has 1 saturated carbocycles. The SMILES string of the molecule is Fc1cc(Oc2cccc(CNC3CC3)n2)c(Br)cc1Cl. The topological polar surface area (TPSA) is 34.1 Å². The van der Waals surface area contributed by atoms with E-state index in [2.05, 4.69) is 26.2 Å². The quantitative estimate of drug-likeness (QED) is 0.775. The molecule has 0 bridgehead atoms. The number of nitrogens with zero attached hydrogens (tertiary/aromatic N) is 1.